The number of benzene rings is 1. The lowest BCUT2D eigenvalue weighted by atomic mass is 9.96. The number of carbonyl (C=O) groups excluding carboxylic acids is 1. The molecule has 1 aliphatic heterocycles. The number of hydrogen-bond donors (Lipinski definition) is 1. The van der Waals surface area contributed by atoms with Crippen molar-refractivity contribution in [2.24, 2.45) is 5.92 Å². The third kappa shape index (κ3) is 3.56. The molecule has 2 atom stereocenters. The van der Waals surface area contributed by atoms with E-state index in [4.69, 9.17) is 9.47 Å². The van der Waals surface area contributed by atoms with E-state index >= 15 is 0 Å². The SMILES string of the molecule is COC(=O)[C@@H](NC1CCCOc2c(C)cccc21)C(C)C. The average Bonchev–Trinajstić information content (AvgIpc) is 2.67. The van der Waals surface area contributed by atoms with Crippen LogP contribution in [0.3, 0.4) is 0 Å². The van der Waals surface area contributed by atoms with Gasteiger partial charge in [-0.3, -0.25) is 10.1 Å². The summed E-state index contributed by atoms with van der Waals surface area (Å²) in [7, 11) is 1.44. The Kier molecular flexibility index (Phi) is 5.23. The van der Waals surface area contributed by atoms with Gasteiger partial charge in [-0.1, -0.05) is 32.0 Å². The fourth-order valence-electron chi connectivity index (χ4n) is 2.81. The molecule has 0 aliphatic carbocycles. The third-order valence-electron chi connectivity index (χ3n) is 4.00. The Labute approximate surface area is 126 Å². The highest BCUT2D eigenvalue weighted by Crippen LogP contribution is 2.34. The maximum Gasteiger partial charge on any atom is 0.323 e. The van der Waals surface area contributed by atoms with Gasteiger partial charge in [-0.25, -0.2) is 0 Å². The van der Waals surface area contributed by atoms with E-state index in [-0.39, 0.29) is 24.0 Å². The van der Waals surface area contributed by atoms with Gasteiger partial charge in [0.15, 0.2) is 0 Å². The van der Waals surface area contributed by atoms with Crippen LogP contribution in [0.4, 0.5) is 0 Å². The van der Waals surface area contributed by atoms with Gasteiger partial charge in [0, 0.05) is 11.6 Å². The van der Waals surface area contributed by atoms with Crippen LogP contribution >= 0.6 is 0 Å². The van der Waals surface area contributed by atoms with Crippen LogP contribution in [0, 0.1) is 12.8 Å². The molecule has 1 N–H and O–H groups in total. The minimum atomic E-state index is -0.300. The molecule has 1 heterocycles. The molecule has 1 aromatic carbocycles. The van der Waals surface area contributed by atoms with Gasteiger partial charge in [0.05, 0.1) is 13.7 Å². The monoisotopic (exact) mass is 291 g/mol. The van der Waals surface area contributed by atoms with Crippen molar-refractivity contribution in [3.8, 4) is 5.75 Å². The van der Waals surface area contributed by atoms with Crippen LogP contribution in [0.2, 0.25) is 0 Å². The molecule has 4 heteroatoms. The minimum absolute atomic E-state index is 0.119. The summed E-state index contributed by atoms with van der Waals surface area (Å²) < 4.78 is 10.8. The van der Waals surface area contributed by atoms with Crippen LogP contribution in [0.5, 0.6) is 5.75 Å². The van der Waals surface area contributed by atoms with Gasteiger partial charge < -0.3 is 9.47 Å². The zero-order valence-electron chi connectivity index (χ0n) is 13.3. The summed E-state index contributed by atoms with van der Waals surface area (Å²) in [5.74, 6) is 0.930. The number of nitrogens with one attached hydrogen (secondary N) is 1. The summed E-state index contributed by atoms with van der Waals surface area (Å²) in [6.07, 6.45) is 1.93. The van der Waals surface area contributed by atoms with Gasteiger partial charge in [0.2, 0.25) is 0 Å². The van der Waals surface area contributed by atoms with E-state index in [1.807, 2.05) is 19.9 Å². The number of carbonyl (C=O) groups is 1. The molecule has 0 aromatic heterocycles. The Morgan fingerprint density at radius 2 is 2.19 bits per heavy atom. The zero-order chi connectivity index (χ0) is 15.4. The Morgan fingerprint density at radius 3 is 2.86 bits per heavy atom. The predicted octanol–water partition coefficient (Wildman–Crippen LogP) is 3.00. The lowest BCUT2D eigenvalue weighted by Gasteiger charge is -2.26. The van der Waals surface area contributed by atoms with Crippen molar-refractivity contribution in [2.45, 2.75) is 45.7 Å². The summed E-state index contributed by atoms with van der Waals surface area (Å²) in [6.45, 7) is 6.83. The van der Waals surface area contributed by atoms with E-state index in [0.29, 0.717) is 0 Å². The summed E-state index contributed by atoms with van der Waals surface area (Å²) in [5.41, 5.74) is 2.28. The van der Waals surface area contributed by atoms with Crippen LogP contribution in [0.15, 0.2) is 18.2 Å². The average molecular weight is 291 g/mol. The first kappa shape index (κ1) is 15.8. The molecule has 2 rings (SSSR count). The molecule has 0 saturated heterocycles. The molecule has 0 amide bonds. The maximum atomic E-state index is 12.0. The molecule has 1 aromatic rings. The van der Waals surface area contributed by atoms with Gasteiger partial charge in [-0.15, -0.1) is 0 Å². The van der Waals surface area contributed by atoms with E-state index < -0.39 is 0 Å². The molecule has 116 valence electrons. The normalized spacial score (nSPS) is 19.4. The first-order valence-corrected chi connectivity index (χ1v) is 7.60. The van der Waals surface area contributed by atoms with E-state index in [2.05, 4.69) is 24.4 Å². The van der Waals surface area contributed by atoms with Crippen LogP contribution in [0.1, 0.15) is 43.9 Å². The molecule has 0 saturated carbocycles. The topological polar surface area (TPSA) is 47.6 Å². The van der Waals surface area contributed by atoms with Gasteiger partial charge in [-0.2, -0.15) is 0 Å². The molecular weight excluding hydrogens is 266 g/mol. The second kappa shape index (κ2) is 6.94. The molecule has 21 heavy (non-hydrogen) atoms. The summed E-state index contributed by atoms with van der Waals surface area (Å²) in [6, 6.07) is 6.00. The fourth-order valence-corrected chi connectivity index (χ4v) is 2.81. The van der Waals surface area contributed by atoms with Crippen molar-refractivity contribution in [1.29, 1.82) is 0 Å². The van der Waals surface area contributed by atoms with E-state index in [9.17, 15) is 4.79 Å². The number of rotatable bonds is 4. The Bertz CT molecular complexity index is 499. The molecule has 1 aliphatic rings. The number of methoxy groups -OCH3 is 1. The molecular formula is C17H25NO3. The first-order chi connectivity index (χ1) is 10.0. The summed E-state index contributed by atoms with van der Waals surface area (Å²) in [5, 5.41) is 3.47. The summed E-state index contributed by atoms with van der Waals surface area (Å²) >= 11 is 0. The van der Waals surface area contributed by atoms with Crippen molar-refractivity contribution >= 4 is 5.97 Å². The highest BCUT2D eigenvalue weighted by Gasteiger charge is 2.29. The van der Waals surface area contributed by atoms with Crippen molar-refractivity contribution in [2.75, 3.05) is 13.7 Å². The number of ether oxygens (including phenoxy) is 2. The Balaban J connectivity index is 2.27. The lowest BCUT2D eigenvalue weighted by molar-refractivity contribution is -0.144. The fraction of sp³-hybridized carbons (Fsp3) is 0.588. The van der Waals surface area contributed by atoms with Gasteiger partial charge in [0.25, 0.3) is 0 Å². The first-order valence-electron chi connectivity index (χ1n) is 7.60. The van der Waals surface area contributed by atoms with E-state index in [1.54, 1.807) is 0 Å². The van der Waals surface area contributed by atoms with Gasteiger partial charge in [-0.05, 0) is 31.2 Å². The second-order valence-corrected chi connectivity index (χ2v) is 5.95. The van der Waals surface area contributed by atoms with E-state index in [0.717, 1.165) is 36.3 Å². The van der Waals surface area contributed by atoms with Crippen molar-refractivity contribution < 1.29 is 14.3 Å². The van der Waals surface area contributed by atoms with Crippen molar-refractivity contribution in [3.05, 3.63) is 29.3 Å². The standard InChI is InChI=1S/C17H25NO3/c1-11(2)15(17(19)20-4)18-14-9-6-10-21-16-12(3)7-5-8-13(14)16/h5,7-8,11,14-15,18H,6,9-10H2,1-4H3/t14?,15-/m0/s1. The molecule has 1 unspecified atom stereocenters. The smallest absolute Gasteiger partial charge is 0.323 e. The molecule has 0 radical (unpaired) electrons. The minimum Gasteiger partial charge on any atom is -0.493 e. The Morgan fingerprint density at radius 1 is 1.43 bits per heavy atom. The van der Waals surface area contributed by atoms with Crippen molar-refractivity contribution in [1.82, 2.24) is 5.32 Å². The zero-order valence-corrected chi connectivity index (χ0v) is 13.3. The predicted molar refractivity (Wildman–Crippen MR) is 82.4 cm³/mol. The number of fused-ring (bicyclic) bond motifs is 1. The summed E-state index contributed by atoms with van der Waals surface area (Å²) in [4.78, 5) is 12.0. The number of para-hydroxylation sites is 1. The number of aryl methyl sites for hydroxylation is 1. The second-order valence-electron chi connectivity index (χ2n) is 5.95. The quantitative estimate of drug-likeness (QED) is 0.866. The highest BCUT2D eigenvalue weighted by molar-refractivity contribution is 5.76. The van der Waals surface area contributed by atoms with Gasteiger partial charge in [0.1, 0.15) is 11.8 Å². The maximum absolute atomic E-state index is 12.0. The molecule has 4 nitrogen and oxygen atoms in total. The van der Waals surface area contributed by atoms with Crippen LogP contribution in [0.25, 0.3) is 0 Å². The van der Waals surface area contributed by atoms with Crippen LogP contribution in [-0.4, -0.2) is 25.7 Å². The highest BCUT2D eigenvalue weighted by atomic mass is 16.5. The van der Waals surface area contributed by atoms with Gasteiger partial charge >= 0.3 is 5.97 Å². The largest absolute Gasteiger partial charge is 0.493 e. The number of hydrogen-bond acceptors (Lipinski definition) is 4. The van der Waals surface area contributed by atoms with Crippen LogP contribution < -0.4 is 10.1 Å². The molecule has 0 spiro atoms. The third-order valence-corrected chi connectivity index (χ3v) is 4.00. The molecule has 0 fully saturated rings. The van der Waals surface area contributed by atoms with Crippen LogP contribution in [-0.2, 0) is 9.53 Å². The number of esters is 1. The molecule has 0 bridgehead atoms. The van der Waals surface area contributed by atoms with Crippen molar-refractivity contribution in [3.63, 3.8) is 0 Å². The Hall–Kier alpha value is -1.55. The van der Waals surface area contributed by atoms with E-state index in [1.165, 1.54) is 7.11 Å². The lowest BCUT2D eigenvalue weighted by Crippen LogP contribution is -2.43.